The van der Waals surface area contributed by atoms with Crippen LogP contribution >= 0.6 is 0 Å². The fourth-order valence-electron chi connectivity index (χ4n) is 1.54. The molecule has 3 nitrogen and oxygen atoms in total. The van der Waals surface area contributed by atoms with Crippen LogP contribution in [-0.2, 0) is 11.2 Å². The highest BCUT2D eigenvalue weighted by molar-refractivity contribution is 5.87. The summed E-state index contributed by atoms with van der Waals surface area (Å²) in [5.74, 6) is -0.874. The molecule has 74 valence electrons. The van der Waals surface area contributed by atoms with Gasteiger partial charge in [0.25, 0.3) is 0 Å². The third kappa shape index (κ3) is 1.93. The van der Waals surface area contributed by atoms with E-state index < -0.39 is 5.97 Å². The predicted molar refractivity (Wildman–Crippen MR) is 51.5 cm³/mol. The summed E-state index contributed by atoms with van der Waals surface area (Å²) in [6, 6.07) is 7.03. The molecule has 14 heavy (non-hydrogen) atoms. The number of benzene rings is 1. The molecule has 0 bridgehead atoms. The van der Waals surface area contributed by atoms with Crippen molar-refractivity contribution >= 4 is 5.97 Å². The Morgan fingerprint density at radius 3 is 2.93 bits per heavy atom. The first-order valence-electron chi connectivity index (χ1n) is 4.69. The van der Waals surface area contributed by atoms with E-state index in [1.807, 2.05) is 6.07 Å². The van der Waals surface area contributed by atoms with E-state index in [-0.39, 0.29) is 0 Å². The lowest BCUT2D eigenvalue weighted by Crippen LogP contribution is -2.28. The summed E-state index contributed by atoms with van der Waals surface area (Å²) in [6.45, 7) is 0.837. The van der Waals surface area contributed by atoms with E-state index in [1.54, 1.807) is 18.2 Å². The fourth-order valence-corrected chi connectivity index (χ4v) is 1.54. The van der Waals surface area contributed by atoms with Gasteiger partial charge in [-0.1, -0.05) is 12.1 Å². The van der Waals surface area contributed by atoms with Crippen LogP contribution in [0.15, 0.2) is 24.3 Å². The summed E-state index contributed by atoms with van der Waals surface area (Å²) in [5, 5.41) is 8.78. The van der Waals surface area contributed by atoms with Crippen LogP contribution in [-0.4, -0.2) is 23.8 Å². The van der Waals surface area contributed by atoms with E-state index in [0.717, 1.165) is 25.0 Å². The molecule has 0 radical (unpaired) electrons. The van der Waals surface area contributed by atoms with Gasteiger partial charge < -0.3 is 9.84 Å². The molecule has 1 aromatic carbocycles. The van der Waals surface area contributed by atoms with Crippen molar-refractivity contribution in [2.24, 2.45) is 0 Å². The standard InChI is InChI=1S/C11H12O3/c12-11(13)9-3-1-2-8(6-9)7-10-4-5-14-10/h1-3,6,10H,4-5,7H2,(H,12,13)/t10-/m1/s1. The van der Waals surface area contributed by atoms with Gasteiger partial charge in [0, 0.05) is 6.61 Å². The molecule has 1 aliphatic heterocycles. The summed E-state index contributed by atoms with van der Waals surface area (Å²) in [5.41, 5.74) is 1.39. The summed E-state index contributed by atoms with van der Waals surface area (Å²) in [6.07, 6.45) is 2.19. The Morgan fingerprint density at radius 2 is 2.36 bits per heavy atom. The first-order chi connectivity index (χ1) is 6.75. The molecule has 1 aromatic rings. The van der Waals surface area contributed by atoms with Gasteiger partial charge in [-0.15, -0.1) is 0 Å². The smallest absolute Gasteiger partial charge is 0.335 e. The number of ether oxygens (including phenoxy) is 1. The molecular weight excluding hydrogens is 180 g/mol. The van der Waals surface area contributed by atoms with E-state index in [1.165, 1.54) is 0 Å². The Hall–Kier alpha value is -1.35. The van der Waals surface area contributed by atoms with E-state index in [4.69, 9.17) is 9.84 Å². The minimum atomic E-state index is -0.874. The minimum Gasteiger partial charge on any atom is -0.478 e. The molecule has 0 aliphatic carbocycles. The minimum absolute atomic E-state index is 0.291. The lowest BCUT2D eigenvalue weighted by Gasteiger charge is -2.26. The summed E-state index contributed by atoms with van der Waals surface area (Å²) in [4.78, 5) is 10.7. The number of carboxylic acid groups (broad SMARTS) is 1. The highest BCUT2D eigenvalue weighted by Gasteiger charge is 2.18. The Morgan fingerprint density at radius 1 is 1.57 bits per heavy atom. The second-order valence-corrected chi connectivity index (χ2v) is 3.49. The van der Waals surface area contributed by atoms with Crippen molar-refractivity contribution < 1.29 is 14.6 Å². The SMILES string of the molecule is O=C(O)c1cccc(C[C@H]2CCO2)c1. The molecule has 1 heterocycles. The molecule has 2 rings (SSSR count). The normalized spacial score (nSPS) is 20.1. The number of aromatic carboxylic acids is 1. The number of hydrogen-bond donors (Lipinski definition) is 1. The molecule has 0 aromatic heterocycles. The van der Waals surface area contributed by atoms with Gasteiger partial charge in [-0.25, -0.2) is 4.79 Å². The van der Waals surface area contributed by atoms with Gasteiger partial charge >= 0.3 is 5.97 Å². The monoisotopic (exact) mass is 192 g/mol. The van der Waals surface area contributed by atoms with Gasteiger partial charge in [0.1, 0.15) is 0 Å². The van der Waals surface area contributed by atoms with E-state index in [2.05, 4.69) is 0 Å². The second kappa shape index (κ2) is 3.80. The molecule has 0 spiro atoms. The Kier molecular flexibility index (Phi) is 2.50. The van der Waals surface area contributed by atoms with Gasteiger partial charge in [-0.05, 0) is 30.5 Å². The van der Waals surface area contributed by atoms with Crippen molar-refractivity contribution in [3.63, 3.8) is 0 Å². The molecule has 1 saturated heterocycles. The van der Waals surface area contributed by atoms with Crippen molar-refractivity contribution in [3.05, 3.63) is 35.4 Å². The van der Waals surface area contributed by atoms with Gasteiger partial charge in [0.05, 0.1) is 11.7 Å². The third-order valence-corrected chi connectivity index (χ3v) is 2.43. The molecule has 0 saturated carbocycles. The summed E-state index contributed by atoms with van der Waals surface area (Å²) in [7, 11) is 0. The van der Waals surface area contributed by atoms with Crippen molar-refractivity contribution in [1.82, 2.24) is 0 Å². The van der Waals surface area contributed by atoms with Crippen molar-refractivity contribution in [1.29, 1.82) is 0 Å². The first kappa shape index (κ1) is 9.21. The number of hydrogen-bond acceptors (Lipinski definition) is 2. The zero-order chi connectivity index (χ0) is 9.97. The summed E-state index contributed by atoms with van der Waals surface area (Å²) < 4.78 is 5.29. The largest absolute Gasteiger partial charge is 0.478 e. The van der Waals surface area contributed by atoms with E-state index in [9.17, 15) is 4.79 Å². The predicted octanol–water partition coefficient (Wildman–Crippen LogP) is 1.72. The first-order valence-corrected chi connectivity index (χ1v) is 4.69. The molecular formula is C11H12O3. The molecule has 1 aliphatic rings. The van der Waals surface area contributed by atoms with Crippen molar-refractivity contribution in [2.75, 3.05) is 6.61 Å². The Bertz CT molecular complexity index is 342. The number of rotatable bonds is 3. The van der Waals surface area contributed by atoms with Crippen molar-refractivity contribution in [2.45, 2.75) is 18.9 Å². The summed E-state index contributed by atoms with van der Waals surface area (Å²) >= 11 is 0. The van der Waals surface area contributed by atoms with Crippen LogP contribution in [0.1, 0.15) is 22.3 Å². The Labute approximate surface area is 82.3 Å². The maximum Gasteiger partial charge on any atom is 0.335 e. The lowest BCUT2D eigenvalue weighted by molar-refractivity contribution is -0.0491. The average Bonchev–Trinajstić information content (AvgIpc) is 2.12. The maximum atomic E-state index is 10.7. The van der Waals surface area contributed by atoms with Crippen LogP contribution in [0.2, 0.25) is 0 Å². The van der Waals surface area contributed by atoms with Crippen LogP contribution in [0.4, 0.5) is 0 Å². The molecule has 1 N–H and O–H groups in total. The molecule has 0 amide bonds. The van der Waals surface area contributed by atoms with Crippen LogP contribution in [0.5, 0.6) is 0 Å². The van der Waals surface area contributed by atoms with Crippen LogP contribution in [0.3, 0.4) is 0 Å². The topological polar surface area (TPSA) is 46.5 Å². The van der Waals surface area contributed by atoms with Gasteiger partial charge in [0.2, 0.25) is 0 Å². The average molecular weight is 192 g/mol. The van der Waals surface area contributed by atoms with Gasteiger partial charge in [-0.3, -0.25) is 0 Å². The van der Waals surface area contributed by atoms with Gasteiger partial charge in [-0.2, -0.15) is 0 Å². The second-order valence-electron chi connectivity index (χ2n) is 3.49. The van der Waals surface area contributed by atoms with E-state index in [0.29, 0.717) is 11.7 Å². The van der Waals surface area contributed by atoms with Crippen LogP contribution in [0.25, 0.3) is 0 Å². The van der Waals surface area contributed by atoms with Crippen LogP contribution in [0, 0.1) is 0 Å². The van der Waals surface area contributed by atoms with E-state index >= 15 is 0 Å². The molecule has 3 heteroatoms. The lowest BCUT2D eigenvalue weighted by atomic mass is 10.0. The molecule has 0 unspecified atom stereocenters. The zero-order valence-electron chi connectivity index (χ0n) is 7.77. The van der Waals surface area contributed by atoms with Crippen LogP contribution < -0.4 is 0 Å². The quantitative estimate of drug-likeness (QED) is 0.793. The van der Waals surface area contributed by atoms with Crippen molar-refractivity contribution in [3.8, 4) is 0 Å². The zero-order valence-corrected chi connectivity index (χ0v) is 7.77. The number of carbonyl (C=O) groups is 1. The fraction of sp³-hybridized carbons (Fsp3) is 0.364. The number of carboxylic acids is 1. The van der Waals surface area contributed by atoms with Gasteiger partial charge in [0.15, 0.2) is 0 Å². The molecule has 1 atom stereocenters. The maximum absolute atomic E-state index is 10.7. The highest BCUT2D eigenvalue weighted by atomic mass is 16.5. The Balaban J connectivity index is 2.09. The highest BCUT2D eigenvalue weighted by Crippen LogP contribution is 2.17. The molecule has 1 fully saturated rings. The third-order valence-electron chi connectivity index (χ3n) is 2.43.